The minimum atomic E-state index is -2.82. The van der Waals surface area contributed by atoms with Crippen molar-refractivity contribution in [3.05, 3.63) is 55.8 Å². The summed E-state index contributed by atoms with van der Waals surface area (Å²) < 4.78 is 4.29. The molecular formula is C20H30Sn. The van der Waals surface area contributed by atoms with Gasteiger partial charge in [-0.15, -0.1) is 0 Å². The molecule has 2 rings (SSSR count). The molecule has 2 aliphatic rings. The van der Waals surface area contributed by atoms with Crippen LogP contribution in [0.5, 0.6) is 0 Å². The summed E-state index contributed by atoms with van der Waals surface area (Å²) in [4.78, 5) is 0. The first-order valence-corrected chi connectivity index (χ1v) is 13.8. The van der Waals surface area contributed by atoms with Crippen molar-refractivity contribution in [2.24, 2.45) is 0 Å². The van der Waals surface area contributed by atoms with Crippen molar-refractivity contribution in [2.75, 3.05) is 0 Å². The molecule has 0 spiro atoms. The Hall–Kier alpha value is -0.501. The van der Waals surface area contributed by atoms with Gasteiger partial charge in [0.05, 0.1) is 0 Å². The van der Waals surface area contributed by atoms with E-state index in [1.807, 2.05) is 0 Å². The zero-order chi connectivity index (χ0) is 15.7. The first kappa shape index (κ1) is 16.9. The van der Waals surface area contributed by atoms with Gasteiger partial charge in [0.2, 0.25) is 0 Å². The van der Waals surface area contributed by atoms with Crippen LogP contribution in [0.1, 0.15) is 54.4 Å². The standard InChI is InChI=1S/C7H7.C5H5.2C4H9.Sn/c1-2-4-6-7-5-3-1;1-2-4-5-3-1;2*1-4(2)3;/h1-5H,6H2;1-3H,4H2;2*1-3H3;. The second-order valence-corrected chi connectivity index (χ2v) is 24.8. The molecule has 2 aliphatic carbocycles. The molecular weight excluding hydrogens is 359 g/mol. The summed E-state index contributed by atoms with van der Waals surface area (Å²) in [5.74, 6) is 0. The Morgan fingerprint density at radius 3 is 1.62 bits per heavy atom. The SMILES string of the molecule is C[C](C)(C)[Sn]([C]1=CC=CC=CC1)([C]1=CC=CC1)[C](C)(C)C. The fourth-order valence-corrected chi connectivity index (χ4v) is 27.8. The molecule has 21 heavy (non-hydrogen) atoms. The first-order chi connectivity index (χ1) is 9.71. The third kappa shape index (κ3) is 2.88. The molecule has 0 nitrogen and oxygen atoms in total. The molecule has 0 aliphatic heterocycles. The van der Waals surface area contributed by atoms with E-state index in [-0.39, 0.29) is 0 Å². The monoisotopic (exact) mass is 390 g/mol. The van der Waals surface area contributed by atoms with E-state index in [0.717, 1.165) is 6.42 Å². The van der Waals surface area contributed by atoms with E-state index in [4.69, 9.17) is 0 Å². The van der Waals surface area contributed by atoms with Crippen molar-refractivity contribution in [3.63, 3.8) is 0 Å². The Morgan fingerprint density at radius 2 is 1.14 bits per heavy atom. The van der Waals surface area contributed by atoms with E-state index in [1.54, 1.807) is 7.18 Å². The average Bonchev–Trinajstić information content (AvgIpc) is 2.70. The predicted octanol–water partition coefficient (Wildman–Crippen LogP) is 6.44. The number of rotatable bonds is 2. The quantitative estimate of drug-likeness (QED) is 0.477. The number of hydrogen-bond acceptors (Lipinski definition) is 0. The van der Waals surface area contributed by atoms with Crippen molar-refractivity contribution in [1.29, 1.82) is 0 Å². The van der Waals surface area contributed by atoms with Crippen LogP contribution in [0.4, 0.5) is 0 Å². The third-order valence-electron chi connectivity index (χ3n) is 4.98. The molecule has 0 fully saturated rings. The van der Waals surface area contributed by atoms with Crippen LogP contribution in [-0.2, 0) is 0 Å². The van der Waals surface area contributed by atoms with E-state index in [1.165, 1.54) is 6.42 Å². The molecule has 1 heteroatoms. The van der Waals surface area contributed by atoms with Crippen LogP contribution < -0.4 is 0 Å². The van der Waals surface area contributed by atoms with Crippen LogP contribution in [0.15, 0.2) is 55.8 Å². The van der Waals surface area contributed by atoms with E-state index in [2.05, 4.69) is 90.2 Å². The Morgan fingerprint density at radius 1 is 0.667 bits per heavy atom. The van der Waals surface area contributed by atoms with Crippen molar-refractivity contribution >= 4 is 18.4 Å². The number of allylic oxidation sites excluding steroid dienone is 10. The minimum absolute atomic E-state index is 0.378. The molecule has 0 saturated heterocycles. The molecule has 0 aromatic carbocycles. The van der Waals surface area contributed by atoms with Crippen LogP contribution in [0.2, 0.25) is 6.86 Å². The topological polar surface area (TPSA) is 0 Å². The second kappa shape index (κ2) is 5.95. The van der Waals surface area contributed by atoms with Crippen LogP contribution >= 0.6 is 0 Å². The predicted molar refractivity (Wildman–Crippen MR) is 98.0 cm³/mol. The molecule has 0 bridgehead atoms. The van der Waals surface area contributed by atoms with E-state index in [0.29, 0.717) is 6.86 Å². The van der Waals surface area contributed by atoms with Crippen LogP contribution in [0.25, 0.3) is 0 Å². The van der Waals surface area contributed by atoms with E-state index in [9.17, 15) is 0 Å². The van der Waals surface area contributed by atoms with Crippen molar-refractivity contribution in [2.45, 2.75) is 61.2 Å². The molecule has 0 atom stereocenters. The van der Waals surface area contributed by atoms with Gasteiger partial charge in [-0.3, -0.25) is 0 Å². The van der Waals surface area contributed by atoms with Gasteiger partial charge >= 0.3 is 135 Å². The molecule has 0 unspecified atom stereocenters. The molecule has 0 aromatic heterocycles. The molecule has 0 N–H and O–H groups in total. The Bertz CT molecular complexity index is 525. The first-order valence-electron chi connectivity index (χ1n) is 8.10. The summed E-state index contributed by atoms with van der Waals surface area (Å²) in [5.41, 5.74) is 0. The number of hydrogen-bond donors (Lipinski definition) is 0. The van der Waals surface area contributed by atoms with Gasteiger partial charge in [-0.2, -0.15) is 0 Å². The van der Waals surface area contributed by atoms with E-state index < -0.39 is 18.4 Å². The molecule has 0 amide bonds. The summed E-state index contributed by atoms with van der Waals surface area (Å²) in [7, 11) is 0. The fraction of sp³-hybridized carbons (Fsp3) is 0.500. The Kier molecular flexibility index (Phi) is 4.77. The summed E-state index contributed by atoms with van der Waals surface area (Å²) in [5, 5.41) is 0. The van der Waals surface area contributed by atoms with Crippen molar-refractivity contribution < 1.29 is 0 Å². The van der Waals surface area contributed by atoms with Gasteiger partial charge in [0.15, 0.2) is 0 Å². The maximum absolute atomic E-state index is 2.82. The van der Waals surface area contributed by atoms with Gasteiger partial charge in [0.1, 0.15) is 0 Å². The molecule has 114 valence electrons. The van der Waals surface area contributed by atoms with E-state index >= 15 is 0 Å². The van der Waals surface area contributed by atoms with Gasteiger partial charge in [0, 0.05) is 0 Å². The molecule has 0 aromatic rings. The average molecular weight is 389 g/mol. The maximum atomic E-state index is 2.49. The fourth-order valence-electron chi connectivity index (χ4n) is 4.84. The summed E-state index contributed by atoms with van der Waals surface area (Å²) in [6.07, 6.45) is 20.8. The van der Waals surface area contributed by atoms with Crippen molar-refractivity contribution in [1.82, 2.24) is 0 Å². The summed E-state index contributed by atoms with van der Waals surface area (Å²) in [6, 6.07) is 0. The van der Waals surface area contributed by atoms with Crippen LogP contribution in [0.3, 0.4) is 0 Å². The second-order valence-electron chi connectivity index (χ2n) is 8.28. The zero-order valence-corrected chi connectivity index (χ0v) is 17.4. The van der Waals surface area contributed by atoms with Gasteiger partial charge < -0.3 is 0 Å². The van der Waals surface area contributed by atoms with Gasteiger partial charge in [-0.25, -0.2) is 0 Å². The molecule has 0 heterocycles. The zero-order valence-electron chi connectivity index (χ0n) is 14.5. The summed E-state index contributed by atoms with van der Waals surface area (Å²) in [6.45, 7) is 15.0. The van der Waals surface area contributed by atoms with Gasteiger partial charge in [0.25, 0.3) is 0 Å². The summed E-state index contributed by atoms with van der Waals surface area (Å²) >= 11 is -2.82. The van der Waals surface area contributed by atoms with Crippen LogP contribution in [-0.4, -0.2) is 18.4 Å². The van der Waals surface area contributed by atoms with Crippen LogP contribution in [0, 0.1) is 0 Å². The Labute approximate surface area is 135 Å². The molecule has 0 radical (unpaired) electrons. The normalized spacial score (nSPS) is 19.5. The Balaban J connectivity index is 2.70. The molecule has 0 saturated carbocycles. The van der Waals surface area contributed by atoms with Gasteiger partial charge in [-0.1, -0.05) is 0 Å². The third-order valence-corrected chi connectivity index (χ3v) is 25.4. The van der Waals surface area contributed by atoms with Crippen molar-refractivity contribution in [3.8, 4) is 0 Å². The van der Waals surface area contributed by atoms with Gasteiger partial charge in [-0.05, 0) is 0 Å².